The fourth-order valence-electron chi connectivity index (χ4n) is 1.02. The second kappa shape index (κ2) is 7.58. The number of amides is 1. The van der Waals surface area contributed by atoms with Crippen molar-refractivity contribution in [3.05, 3.63) is 29.3 Å². The third-order valence-corrected chi connectivity index (χ3v) is 3.31. The first-order valence-corrected chi connectivity index (χ1v) is 6.74. The molecule has 0 fully saturated rings. The summed E-state index contributed by atoms with van der Waals surface area (Å²) < 4.78 is 0. The van der Waals surface area contributed by atoms with Gasteiger partial charge in [-0.15, -0.1) is 11.8 Å². The Hall–Kier alpha value is -0.710. The lowest BCUT2D eigenvalue weighted by molar-refractivity contribution is -0.131. The number of benzene rings is 1. The molecule has 17 heavy (non-hydrogen) atoms. The van der Waals surface area contributed by atoms with Crippen LogP contribution >= 0.6 is 23.4 Å². The smallest absolute Gasteiger partial charge is 0.253 e. The molecular formula is C12H16ClNO2S. The summed E-state index contributed by atoms with van der Waals surface area (Å²) >= 11 is 7.36. The highest BCUT2D eigenvalue weighted by Crippen LogP contribution is 2.26. The van der Waals surface area contributed by atoms with Crippen LogP contribution in [0.25, 0.3) is 0 Å². The van der Waals surface area contributed by atoms with Crippen LogP contribution in [0.2, 0.25) is 5.02 Å². The summed E-state index contributed by atoms with van der Waals surface area (Å²) in [6.45, 7) is 4.55. The van der Waals surface area contributed by atoms with E-state index in [1.165, 1.54) is 11.8 Å². The summed E-state index contributed by atoms with van der Waals surface area (Å²) in [6.07, 6.45) is 0. The molecule has 0 saturated heterocycles. The molecule has 5 heteroatoms. The molecule has 1 aromatic carbocycles. The van der Waals surface area contributed by atoms with Gasteiger partial charge in [-0.3, -0.25) is 9.63 Å². The SMILES string of the molecule is CC(C)CONC(=O)CSc1ccccc1Cl. The Morgan fingerprint density at radius 3 is 2.82 bits per heavy atom. The predicted molar refractivity (Wildman–Crippen MR) is 71.1 cm³/mol. The molecule has 0 heterocycles. The Bertz CT molecular complexity index is 371. The van der Waals surface area contributed by atoms with Crippen molar-refractivity contribution in [2.24, 2.45) is 5.92 Å². The van der Waals surface area contributed by atoms with Crippen molar-refractivity contribution in [2.45, 2.75) is 18.7 Å². The standard InChI is InChI=1S/C12H16ClNO2S/c1-9(2)7-16-14-12(15)8-17-11-6-4-3-5-10(11)13/h3-6,9H,7-8H2,1-2H3,(H,14,15). The number of hydrogen-bond donors (Lipinski definition) is 1. The van der Waals surface area contributed by atoms with E-state index in [0.29, 0.717) is 23.3 Å². The van der Waals surface area contributed by atoms with E-state index in [4.69, 9.17) is 16.4 Å². The van der Waals surface area contributed by atoms with Crippen LogP contribution < -0.4 is 5.48 Å². The number of carbonyl (C=O) groups is 1. The van der Waals surface area contributed by atoms with Crippen molar-refractivity contribution in [3.63, 3.8) is 0 Å². The Balaban J connectivity index is 2.26. The Kier molecular flexibility index (Phi) is 6.40. The monoisotopic (exact) mass is 273 g/mol. The van der Waals surface area contributed by atoms with E-state index in [1.54, 1.807) is 6.07 Å². The molecule has 0 aliphatic rings. The fraction of sp³-hybridized carbons (Fsp3) is 0.417. The highest BCUT2D eigenvalue weighted by atomic mass is 35.5. The van der Waals surface area contributed by atoms with Crippen LogP contribution in [0, 0.1) is 5.92 Å². The van der Waals surface area contributed by atoms with Gasteiger partial charge >= 0.3 is 0 Å². The molecule has 1 amide bonds. The number of halogens is 1. The van der Waals surface area contributed by atoms with Crippen LogP contribution in [0.5, 0.6) is 0 Å². The minimum absolute atomic E-state index is 0.157. The van der Waals surface area contributed by atoms with E-state index >= 15 is 0 Å². The van der Waals surface area contributed by atoms with Gasteiger partial charge in [-0.25, -0.2) is 5.48 Å². The lowest BCUT2D eigenvalue weighted by atomic mass is 10.2. The van der Waals surface area contributed by atoms with Gasteiger partial charge in [-0.1, -0.05) is 37.6 Å². The molecule has 0 radical (unpaired) electrons. The van der Waals surface area contributed by atoms with E-state index < -0.39 is 0 Å². The van der Waals surface area contributed by atoms with Gasteiger partial charge in [0.1, 0.15) is 0 Å². The van der Waals surface area contributed by atoms with E-state index in [9.17, 15) is 4.79 Å². The molecular weight excluding hydrogens is 258 g/mol. The zero-order valence-electron chi connectivity index (χ0n) is 9.90. The molecule has 1 N–H and O–H groups in total. The summed E-state index contributed by atoms with van der Waals surface area (Å²) in [7, 11) is 0. The normalized spacial score (nSPS) is 10.6. The van der Waals surface area contributed by atoms with Crippen LogP contribution in [-0.2, 0) is 9.63 Å². The minimum Gasteiger partial charge on any atom is -0.273 e. The number of carbonyl (C=O) groups excluding carboxylic acids is 1. The average molecular weight is 274 g/mol. The van der Waals surface area contributed by atoms with Crippen LogP contribution in [0.4, 0.5) is 0 Å². The van der Waals surface area contributed by atoms with Gasteiger partial charge in [0.15, 0.2) is 0 Å². The summed E-state index contributed by atoms with van der Waals surface area (Å²) in [5, 5.41) is 0.661. The quantitative estimate of drug-likeness (QED) is 0.639. The predicted octanol–water partition coefficient (Wildman–Crippen LogP) is 3.14. The zero-order valence-corrected chi connectivity index (χ0v) is 11.5. The molecule has 1 aromatic rings. The highest BCUT2D eigenvalue weighted by molar-refractivity contribution is 8.00. The maximum absolute atomic E-state index is 11.4. The molecule has 0 atom stereocenters. The van der Waals surface area contributed by atoms with Gasteiger partial charge in [0.2, 0.25) is 0 Å². The van der Waals surface area contributed by atoms with Crippen molar-refractivity contribution in [2.75, 3.05) is 12.4 Å². The maximum Gasteiger partial charge on any atom is 0.253 e. The second-order valence-corrected chi connectivity index (χ2v) is 5.37. The Morgan fingerprint density at radius 1 is 1.47 bits per heavy atom. The summed E-state index contributed by atoms with van der Waals surface area (Å²) in [5.74, 6) is 0.532. The first-order chi connectivity index (χ1) is 8.09. The maximum atomic E-state index is 11.4. The molecule has 0 aliphatic carbocycles. The lowest BCUT2D eigenvalue weighted by Crippen LogP contribution is -2.27. The first-order valence-electron chi connectivity index (χ1n) is 5.37. The molecule has 0 bridgehead atoms. The average Bonchev–Trinajstić information content (AvgIpc) is 2.27. The zero-order chi connectivity index (χ0) is 12.7. The van der Waals surface area contributed by atoms with Crippen LogP contribution in [0.15, 0.2) is 29.2 Å². The Labute approximate surface area is 111 Å². The molecule has 0 saturated carbocycles. The third-order valence-electron chi connectivity index (χ3n) is 1.80. The number of nitrogens with one attached hydrogen (secondary N) is 1. The number of thioether (sulfide) groups is 1. The van der Waals surface area contributed by atoms with Crippen LogP contribution in [0.1, 0.15) is 13.8 Å². The lowest BCUT2D eigenvalue weighted by Gasteiger charge is -2.08. The summed E-state index contributed by atoms with van der Waals surface area (Å²) in [6, 6.07) is 7.44. The van der Waals surface area contributed by atoms with E-state index in [1.807, 2.05) is 32.0 Å². The highest BCUT2D eigenvalue weighted by Gasteiger charge is 2.05. The molecule has 0 aliphatic heterocycles. The molecule has 0 unspecified atom stereocenters. The van der Waals surface area contributed by atoms with Crippen molar-refractivity contribution in [1.29, 1.82) is 0 Å². The van der Waals surface area contributed by atoms with E-state index in [2.05, 4.69) is 5.48 Å². The topological polar surface area (TPSA) is 38.3 Å². The first kappa shape index (κ1) is 14.4. The van der Waals surface area contributed by atoms with Gasteiger partial charge in [0, 0.05) is 4.90 Å². The number of rotatable bonds is 6. The van der Waals surface area contributed by atoms with Crippen LogP contribution in [0.3, 0.4) is 0 Å². The van der Waals surface area contributed by atoms with Crippen molar-refractivity contribution >= 4 is 29.3 Å². The minimum atomic E-state index is -0.157. The van der Waals surface area contributed by atoms with Crippen molar-refractivity contribution < 1.29 is 9.63 Å². The number of hydrogen-bond acceptors (Lipinski definition) is 3. The molecule has 3 nitrogen and oxygen atoms in total. The molecule has 0 spiro atoms. The second-order valence-electron chi connectivity index (χ2n) is 3.95. The van der Waals surface area contributed by atoms with Gasteiger partial charge in [0.25, 0.3) is 5.91 Å². The van der Waals surface area contributed by atoms with Gasteiger partial charge in [0.05, 0.1) is 17.4 Å². The van der Waals surface area contributed by atoms with Crippen LogP contribution in [-0.4, -0.2) is 18.3 Å². The van der Waals surface area contributed by atoms with Crippen molar-refractivity contribution in [3.8, 4) is 0 Å². The number of hydroxylamine groups is 1. The van der Waals surface area contributed by atoms with E-state index in [-0.39, 0.29) is 5.91 Å². The van der Waals surface area contributed by atoms with Gasteiger partial charge < -0.3 is 0 Å². The van der Waals surface area contributed by atoms with Gasteiger partial charge in [-0.05, 0) is 18.1 Å². The van der Waals surface area contributed by atoms with Crippen molar-refractivity contribution in [1.82, 2.24) is 5.48 Å². The fourth-order valence-corrected chi connectivity index (χ4v) is 2.05. The largest absolute Gasteiger partial charge is 0.273 e. The third kappa shape index (κ3) is 5.96. The molecule has 94 valence electrons. The molecule has 1 rings (SSSR count). The molecule has 0 aromatic heterocycles. The van der Waals surface area contributed by atoms with E-state index in [0.717, 1.165) is 4.90 Å². The summed E-state index contributed by atoms with van der Waals surface area (Å²) in [5.41, 5.74) is 2.40. The van der Waals surface area contributed by atoms with Gasteiger partial charge in [-0.2, -0.15) is 0 Å². The summed E-state index contributed by atoms with van der Waals surface area (Å²) in [4.78, 5) is 17.3. The Morgan fingerprint density at radius 2 is 2.18 bits per heavy atom.